The van der Waals surface area contributed by atoms with Gasteiger partial charge in [0, 0.05) is 6.61 Å². The van der Waals surface area contributed by atoms with Crippen molar-refractivity contribution in [3.05, 3.63) is 0 Å². The van der Waals surface area contributed by atoms with Gasteiger partial charge in [0.15, 0.2) is 0 Å². The second-order valence-corrected chi connectivity index (χ2v) is 2.56. The van der Waals surface area contributed by atoms with Crippen molar-refractivity contribution in [1.29, 1.82) is 0 Å². The monoisotopic (exact) mass is 130 g/mol. The number of fused-ring (bicyclic) bond motifs is 1. The molecule has 0 aromatic rings. The van der Waals surface area contributed by atoms with E-state index in [2.05, 4.69) is 0 Å². The van der Waals surface area contributed by atoms with Crippen LogP contribution in [0, 0.1) is 0 Å². The van der Waals surface area contributed by atoms with Crippen LogP contribution >= 0.6 is 0 Å². The smallest absolute Gasteiger partial charge is 0.112 e. The van der Waals surface area contributed by atoms with Crippen LogP contribution in [0.3, 0.4) is 0 Å². The van der Waals surface area contributed by atoms with Crippen molar-refractivity contribution in [1.82, 2.24) is 0 Å². The van der Waals surface area contributed by atoms with Gasteiger partial charge in [-0.2, -0.15) is 0 Å². The van der Waals surface area contributed by atoms with Crippen LogP contribution in [-0.4, -0.2) is 36.6 Å². The summed E-state index contributed by atoms with van der Waals surface area (Å²) in [4.78, 5) is 0. The molecule has 2 fully saturated rings. The molecule has 0 radical (unpaired) electrons. The van der Waals surface area contributed by atoms with E-state index in [1.165, 1.54) is 0 Å². The quantitative estimate of drug-likeness (QED) is 0.482. The predicted molar refractivity (Wildman–Crippen MR) is 30.1 cm³/mol. The van der Waals surface area contributed by atoms with Gasteiger partial charge in [-0.1, -0.05) is 0 Å². The van der Waals surface area contributed by atoms with Gasteiger partial charge in [0.05, 0.1) is 12.7 Å². The van der Waals surface area contributed by atoms with Crippen molar-refractivity contribution >= 4 is 0 Å². The number of hydrogen-bond acceptors (Lipinski definition) is 3. The molecule has 2 heterocycles. The zero-order valence-corrected chi connectivity index (χ0v) is 5.12. The van der Waals surface area contributed by atoms with E-state index in [0.717, 1.165) is 13.0 Å². The molecule has 1 N–H and O–H groups in total. The fraction of sp³-hybridized carbons (Fsp3) is 1.00. The van der Waals surface area contributed by atoms with Gasteiger partial charge >= 0.3 is 0 Å². The first-order chi connectivity index (χ1) is 4.38. The minimum absolute atomic E-state index is 0.0231. The van der Waals surface area contributed by atoms with Gasteiger partial charge in [0.1, 0.15) is 12.2 Å². The summed E-state index contributed by atoms with van der Waals surface area (Å²) in [5.74, 6) is 0. The molecule has 0 bridgehead atoms. The van der Waals surface area contributed by atoms with E-state index in [9.17, 15) is 0 Å². The van der Waals surface area contributed by atoms with Crippen molar-refractivity contribution < 1.29 is 14.6 Å². The molecule has 0 amide bonds. The van der Waals surface area contributed by atoms with Gasteiger partial charge in [0.25, 0.3) is 0 Å². The van der Waals surface area contributed by atoms with E-state index in [4.69, 9.17) is 14.6 Å². The number of ether oxygens (including phenoxy) is 2. The van der Waals surface area contributed by atoms with E-state index >= 15 is 0 Å². The van der Waals surface area contributed by atoms with Crippen LogP contribution in [0.4, 0.5) is 0 Å². The standard InChI is InChI=1S/C6H10O3/c7-4-3-9-5-1-2-8-6(4)5/h4-7H,1-3H2/t4-,5-,6-/m0/s1. The highest BCUT2D eigenvalue weighted by atomic mass is 16.6. The molecular weight excluding hydrogens is 120 g/mol. The molecule has 2 aliphatic rings. The highest BCUT2D eigenvalue weighted by Gasteiger charge is 2.40. The van der Waals surface area contributed by atoms with Gasteiger partial charge in [-0.15, -0.1) is 0 Å². The topological polar surface area (TPSA) is 38.7 Å². The maximum Gasteiger partial charge on any atom is 0.112 e. The third-order valence-corrected chi connectivity index (χ3v) is 1.94. The molecule has 52 valence electrons. The highest BCUT2D eigenvalue weighted by molar-refractivity contribution is 4.88. The molecule has 0 saturated carbocycles. The van der Waals surface area contributed by atoms with Crippen LogP contribution in [0.5, 0.6) is 0 Å². The first-order valence-electron chi connectivity index (χ1n) is 3.29. The molecule has 2 saturated heterocycles. The van der Waals surface area contributed by atoms with Gasteiger partial charge in [-0.25, -0.2) is 0 Å². The highest BCUT2D eigenvalue weighted by Crippen LogP contribution is 2.25. The third kappa shape index (κ3) is 0.764. The molecule has 3 atom stereocenters. The minimum atomic E-state index is -0.377. The van der Waals surface area contributed by atoms with Crippen molar-refractivity contribution in [3.8, 4) is 0 Å². The summed E-state index contributed by atoms with van der Waals surface area (Å²) in [5.41, 5.74) is 0. The van der Waals surface area contributed by atoms with E-state index in [1.54, 1.807) is 0 Å². The summed E-state index contributed by atoms with van der Waals surface area (Å²) in [6, 6.07) is 0. The lowest BCUT2D eigenvalue weighted by atomic mass is 10.1. The van der Waals surface area contributed by atoms with Gasteiger partial charge < -0.3 is 14.6 Å². The zero-order valence-electron chi connectivity index (χ0n) is 5.12. The molecular formula is C6H10O3. The third-order valence-electron chi connectivity index (χ3n) is 1.94. The second kappa shape index (κ2) is 1.94. The average Bonchev–Trinajstić information content (AvgIpc) is 2.35. The molecule has 2 rings (SSSR count). The number of hydrogen-bond donors (Lipinski definition) is 1. The van der Waals surface area contributed by atoms with Gasteiger partial charge in [-0.3, -0.25) is 0 Å². The molecule has 0 aliphatic carbocycles. The van der Waals surface area contributed by atoms with Crippen molar-refractivity contribution in [2.45, 2.75) is 24.7 Å². The van der Waals surface area contributed by atoms with Gasteiger partial charge in [-0.05, 0) is 6.42 Å². The zero-order chi connectivity index (χ0) is 6.27. The van der Waals surface area contributed by atoms with Crippen molar-refractivity contribution in [3.63, 3.8) is 0 Å². The van der Waals surface area contributed by atoms with E-state index in [1.807, 2.05) is 0 Å². The summed E-state index contributed by atoms with van der Waals surface area (Å²) in [5, 5.41) is 9.15. The first kappa shape index (κ1) is 5.65. The Bertz CT molecular complexity index is 115. The number of aliphatic hydroxyl groups is 1. The van der Waals surface area contributed by atoms with E-state index in [-0.39, 0.29) is 18.3 Å². The van der Waals surface area contributed by atoms with Crippen LogP contribution < -0.4 is 0 Å². The first-order valence-corrected chi connectivity index (χ1v) is 3.29. The molecule has 3 nitrogen and oxygen atoms in total. The van der Waals surface area contributed by atoms with Crippen molar-refractivity contribution in [2.75, 3.05) is 13.2 Å². The molecule has 0 unspecified atom stereocenters. The van der Waals surface area contributed by atoms with Crippen LogP contribution in [0.1, 0.15) is 6.42 Å². The Morgan fingerprint density at radius 1 is 1.33 bits per heavy atom. The predicted octanol–water partition coefficient (Wildman–Crippen LogP) is -0.465. The van der Waals surface area contributed by atoms with Crippen LogP contribution in [0.2, 0.25) is 0 Å². The lowest BCUT2D eigenvalue weighted by Gasteiger charge is -2.08. The fourth-order valence-corrected chi connectivity index (χ4v) is 1.45. The Hall–Kier alpha value is -0.120. The number of rotatable bonds is 0. The summed E-state index contributed by atoms with van der Waals surface area (Å²) in [6.07, 6.45) is 0.726. The largest absolute Gasteiger partial charge is 0.388 e. The summed E-state index contributed by atoms with van der Waals surface area (Å²) in [6.45, 7) is 1.20. The van der Waals surface area contributed by atoms with Crippen LogP contribution in [-0.2, 0) is 9.47 Å². The van der Waals surface area contributed by atoms with E-state index < -0.39 is 0 Å². The Balaban J connectivity index is 2.07. The maximum absolute atomic E-state index is 9.15. The number of aliphatic hydroxyl groups excluding tert-OH is 1. The summed E-state index contributed by atoms with van der Waals surface area (Å²) >= 11 is 0. The Morgan fingerprint density at radius 3 is 3.00 bits per heavy atom. The van der Waals surface area contributed by atoms with E-state index in [0.29, 0.717) is 6.61 Å². The minimum Gasteiger partial charge on any atom is -0.388 e. The molecule has 9 heavy (non-hydrogen) atoms. The SMILES string of the molecule is O[C@H]1CO[C@H]2CCO[C@H]21. The summed E-state index contributed by atoms with van der Waals surface area (Å²) in [7, 11) is 0. The Morgan fingerprint density at radius 2 is 2.22 bits per heavy atom. The van der Waals surface area contributed by atoms with Crippen LogP contribution in [0.15, 0.2) is 0 Å². The Kier molecular flexibility index (Phi) is 1.22. The fourth-order valence-electron chi connectivity index (χ4n) is 1.45. The normalized spacial score (nSPS) is 49.7. The molecule has 3 heteroatoms. The lowest BCUT2D eigenvalue weighted by molar-refractivity contribution is 0.0187. The Labute approximate surface area is 53.6 Å². The summed E-state index contributed by atoms with van der Waals surface area (Å²) < 4.78 is 10.4. The van der Waals surface area contributed by atoms with Crippen LogP contribution in [0.25, 0.3) is 0 Å². The molecule has 0 aromatic carbocycles. The van der Waals surface area contributed by atoms with Crippen molar-refractivity contribution in [2.24, 2.45) is 0 Å². The average molecular weight is 130 g/mol. The maximum atomic E-state index is 9.15. The molecule has 2 aliphatic heterocycles. The molecule has 0 spiro atoms. The second-order valence-electron chi connectivity index (χ2n) is 2.56. The lowest BCUT2D eigenvalue weighted by Crippen LogP contribution is -2.26. The van der Waals surface area contributed by atoms with Gasteiger partial charge in [0.2, 0.25) is 0 Å². The molecule has 0 aromatic heterocycles.